The largest absolute Gasteiger partial charge is 0.496 e. The zero-order valence-corrected chi connectivity index (χ0v) is 17.1. The molecular formula is C21H22N2O4S. The second kappa shape index (κ2) is 8.75. The van der Waals surface area contributed by atoms with E-state index in [4.69, 9.17) is 14.2 Å². The van der Waals surface area contributed by atoms with Gasteiger partial charge in [-0.3, -0.25) is 4.79 Å². The van der Waals surface area contributed by atoms with E-state index in [2.05, 4.69) is 10.3 Å². The summed E-state index contributed by atoms with van der Waals surface area (Å²) < 4.78 is 15.9. The molecule has 1 heterocycles. The molecule has 0 atom stereocenters. The van der Waals surface area contributed by atoms with E-state index in [1.165, 1.54) is 11.3 Å². The van der Waals surface area contributed by atoms with Gasteiger partial charge in [-0.05, 0) is 31.2 Å². The van der Waals surface area contributed by atoms with Gasteiger partial charge in [-0.1, -0.05) is 12.1 Å². The molecule has 2 aromatic carbocycles. The number of para-hydroxylation sites is 1. The van der Waals surface area contributed by atoms with E-state index in [9.17, 15) is 4.79 Å². The summed E-state index contributed by atoms with van der Waals surface area (Å²) in [6.45, 7) is 1.91. The Kier molecular flexibility index (Phi) is 6.16. The van der Waals surface area contributed by atoms with Crippen LogP contribution in [0.15, 0.2) is 42.5 Å². The Bertz CT molecular complexity index is 984. The molecule has 0 bridgehead atoms. The van der Waals surface area contributed by atoms with Gasteiger partial charge in [0.25, 0.3) is 0 Å². The minimum absolute atomic E-state index is 0.120. The van der Waals surface area contributed by atoms with Crippen molar-refractivity contribution in [2.24, 2.45) is 0 Å². The van der Waals surface area contributed by atoms with Crippen LogP contribution in [-0.2, 0) is 11.2 Å². The molecule has 0 radical (unpaired) electrons. The molecule has 0 aliphatic carbocycles. The van der Waals surface area contributed by atoms with Crippen LogP contribution in [0.4, 0.5) is 5.69 Å². The SMILES string of the molecule is COc1ccc(NC(=O)Cc2sc(-c3ccccc3OC)nc2C)cc1OC. The van der Waals surface area contributed by atoms with Crippen LogP contribution in [0.1, 0.15) is 10.6 Å². The maximum atomic E-state index is 12.5. The summed E-state index contributed by atoms with van der Waals surface area (Å²) in [4.78, 5) is 18.1. The average Bonchev–Trinajstić information content (AvgIpc) is 3.07. The number of thiazole rings is 1. The lowest BCUT2D eigenvalue weighted by atomic mass is 10.2. The Hall–Kier alpha value is -3.06. The third-order valence-electron chi connectivity index (χ3n) is 4.22. The number of hydrogen-bond acceptors (Lipinski definition) is 6. The van der Waals surface area contributed by atoms with Crippen LogP contribution < -0.4 is 19.5 Å². The summed E-state index contributed by atoms with van der Waals surface area (Å²) in [6, 6.07) is 13.0. The van der Waals surface area contributed by atoms with Gasteiger partial charge in [0, 0.05) is 16.6 Å². The predicted molar refractivity (Wildman–Crippen MR) is 111 cm³/mol. The van der Waals surface area contributed by atoms with Gasteiger partial charge < -0.3 is 19.5 Å². The molecule has 3 rings (SSSR count). The van der Waals surface area contributed by atoms with Crippen molar-refractivity contribution in [3.8, 4) is 27.8 Å². The molecule has 3 aromatic rings. The highest BCUT2D eigenvalue weighted by atomic mass is 32.1. The van der Waals surface area contributed by atoms with Gasteiger partial charge in [0.2, 0.25) is 5.91 Å². The molecule has 1 N–H and O–H groups in total. The van der Waals surface area contributed by atoms with Gasteiger partial charge in [-0.15, -0.1) is 11.3 Å². The quantitative estimate of drug-likeness (QED) is 0.642. The van der Waals surface area contributed by atoms with Crippen LogP contribution in [0.25, 0.3) is 10.6 Å². The summed E-state index contributed by atoms with van der Waals surface area (Å²) in [5.41, 5.74) is 2.41. The van der Waals surface area contributed by atoms with Crippen LogP contribution in [0, 0.1) is 6.92 Å². The van der Waals surface area contributed by atoms with Crippen LogP contribution >= 0.6 is 11.3 Å². The number of anilines is 1. The van der Waals surface area contributed by atoms with E-state index in [0.717, 1.165) is 26.9 Å². The minimum atomic E-state index is -0.120. The second-order valence-electron chi connectivity index (χ2n) is 6.02. The van der Waals surface area contributed by atoms with Gasteiger partial charge in [0.1, 0.15) is 10.8 Å². The number of nitrogens with one attached hydrogen (secondary N) is 1. The lowest BCUT2D eigenvalue weighted by molar-refractivity contribution is -0.115. The van der Waals surface area contributed by atoms with Crippen molar-refractivity contribution in [1.82, 2.24) is 4.98 Å². The number of carbonyl (C=O) groups excluding carboxylic acids is 1. The van der Waals surface area contributed by atoms with Crippen LogP contribution in [0.5, 0.6) is 17.2 Å². The van der Waals surface area contributed by atoms with Crippen molar-refractivity contribution in [3.05, 3.63) is 53.0 Å². The molecule has 0 spiro atoms. The number of rotatable bonds is 7. The van der Waals surface area contributed by atoms with E-state index in [1.807, 2.05) is 31.2 Å². The highest BCUT2D eigenvalue weighted by molar-refractivity contribution is 7.15. The van der Waals surface area contributed by atoms with Crippen molar-refractivity contribution < 1.29 is 19.0 Å². The third-order valence-corrected chi connectivity index (χ3v) is 5.41. The molecule has 146 valence electrons. The summed E-state index contributed by atoms with van der Waals surface area (Å²) in [6.07, 6.45) is 0.243. The molecule has 0 aliphatic rings. The predicted octanol–water partition coefficient (Wildman–Crippen LogP) is 4.33. The Morgan fingerprint density at radius 1 is 1.00 bits per heavy atom. The number of benzene rings is 2. The van der Waals surface area contributed by atoms with Crippen LogP contribution in [0.3, 0.4) is 0 Å². The van der Waals surface area contributed by atoms with E-state index < -0.39 is 0 Å². The number of carbonyl (C=O) groups is 1. The van der Waals surface area contributed by atoms with E-state index in [-0.39, 0.29) is 12.3 Å². The number of aromatic nitrogens is 1. The zero-order chi connectivity index (χ0) is 20.1. The molecular weight excluding hydrogens is 376 g/mol. The number of aryl methyl sites for hydroxylation is 1. The first-order valence-electron chi connectivity index (χ1n) is 8.67. The van der Waals surface area contributed by atoms with E-state index in [0.29, 0.717) is 17.2 Å². The zero-order valence-electron chi connectivity index (χ0n) is 16.2. The maximum absolute atomic E-state index is 12.5. The van der Waals surface area contributed by atoms with Crippen molar-refractivity contribution in [2.45, 2.75) is 13.3 Å². The lowest BCUT2D eigenvalue weighted by Crippen LogP contribution is -2.14. The fourth-order valence-electron chi connectivity index (χ4n) is 2.79. The van der Waals surface area contributed by atoms with Crippen molar-refractivity contribution in [2.75, 3.05) is 26.6 Å². The molecule has 1 aromatic heterocycles. The Labute approximate surface area is 168 Å². The number of hydrogen-bond donors (Lipinski definition) is 1. The first-order chi connectivity index (χ1) is 13.5. The highest BCUT2D eigenvalue weighted by Gasteiger charge is 2.16. The number of nitrogens with zero attached hydrogens (tertiary/aromatic N) is 1. The van der Waals surface area contributed by atoms with Crippen molar-refractivity contribution >= 4 is 22.9 Å². The fourth-order valence-corrected chi connectivity index (χ4v) is 3.88. The van der Waals surface area contributed by atoms with Gasteiger partial charge in [-0.25, -0.2) is 4.98 Å². The summed E-state index contributed by atoms with van der Waals surface area (Å²) >= 11 is 1.50. The summed E-state index contributed by atoms with van der Waals surface area (Å²) in [7, 11) is 4.77. The molecule has 0 aliphatic heterocycles. The molecule has 0 saturated heterocycles. The Morgan fingerprint density at radius 2 is 1.71 bits per heavy atom. The van der Waals surface area contributed by atoms with E-state index >= 15 is 0 Å². The highest BCUT2D eigenvalue weighted by Crippen LogP contribution is 2.34. The summed E-state index contributed by atoms with van der Waals surface area (Å²) in [5.74, 6) is 1.82. The van der Waals surface area contributed by atoms with Crippen molar-refractivity contribution in [1.29, 1.82) is 0 Å². The fraction of sp³-hybridized carbons (Fsp3) is 0.238. The molecule has 1 amide bonds. The summed E-state index contributed by atoms with van der Waals surface area (Å²) in [5, 5.41) is 3.73. The van der Waals surface area contributed by atoms with Gasteiger partial charge in [-0.2, -0.15) is 0 Å². The first-order valence-corrected chi connectivity index (χ1v) is 9.49. The molecule has 0 fully saturated rings. The minimum Gasteiger partial charge on any atom is -0.496 e. The normalized spacial score (nSPS) is 10.4. The smallest absolute Gasteiger partial charge is 0.229 e. The topological polar surface area (TPSA) is 69.7 Å². The van der Waals surface area contributed by atoms with Crippen LogP contribution in [0.2, 0.25) is 0 Å². The molecule has 0 saturated carbocycles. The monoisotopic (exact) mass is 398 g/mol. The Morgan fingerprint density at radius 3 is 2.43 bits per heavy atom. The molecule has 28 heavy (non-hydrogen) atoms. The lowest BCUT2D eigenvalue weighted by Gasteiger charge is -2.10. The van der Waals surface area contributed by atoms with Gasteiger partial charge in [0.15, 0.2) is 11.5 Å². The number of amides is 1. The molecule has 7 heteroatoms. The Balaban J connectivity index is 1.75. The average molecular weight is 398 g/mol. The third kappa shape index (κ3) is 4.26. The molecule has 6 nitrogen and oxygen atoms in total. The second-order valence-corrected chi connectivity index (χ2v) is 7.11. The van der Waals surface area contributed by atoms with Crippen molar-refractivity contribution in [3.63, 3.8) is 0 Å². The van der Waals surface area contributed by atoms with Gasteiger partial charge in [0.05, 0.1) is 39.0 Å². The first kappa shape index (κ1) is 19.7. The van der Waals surface area contributed by atoms with Gasteiger partial charge >= 0.3 is 0 Å². The van der Waals surface area contributed by atoms with Crippen LogP contribution in [-0.4, -0.2) is 32.2 Å². The van der Waals surface area contributed by atoms with E-state index in [1.54, 1.807) is 39.5 Å². The maximum Gasteiger partial charge on any atom is 0.229 e. The standard InChI is InChI=1S/C21H22N2O4S/c1-13-19(28-21(22-13)15-7-5-6-8-16(15)25-2)12-20(24)23-14-9-10-17(26-3)18(11-14)27-4/h5-11H,12H2,1-4H3,(H,23,24). The molecule has 0 unspecified atom stereocenters. The number of ether oxygens (including phenoxy) is 3. The number of methoxy groups -OCH3 is 3.